The van der Waals surface area contributed by atoms with Gasteiger partial charge in [0.25, 0.3) is 0 Å². The third kappa shape index (κ3) is 2.23. The third-order valence-electron chi connectivity index (χ3n) is 4.54. The predicted octanol–water partition coefficient (Wildman–Crippen LogP) is 0.925. The second-order valence-corrected chi connectivity index (χ2v) is 5.88. The zero-order valence-electron chi connectivity index (χ0n) is 10.4. The fourth-order valence-electron chi connectivity index (χ4n) is 2.97. The van der Waals surface area contributed by atoms with Gasteiger partial charge >= 0.3 is 5.97 Å². The minimum absolute atomic E-state index is 0.134. The second kappa shape index (κ2) is 4.23. The van der Waals surface area contributed by atoms with Crippen LogP contribution in [0.4, 0.5) is 0 Å². The van der Waals surface area contributed by atoms with Crippen LogP contribution in [0.5, 0.6) is 0 Å². The molecule has 2 atom stereocenters. The van der Waals surface area contributed by atoms with Crippen LogP contribution >= 0.6 is 0 Å². The lowest BCUT2D eigenvalue weighted by atomic mass is 10.0. The summed E-state index contributed by atoms with van der Waals surface area (Å²) in [6.45, 7) is 0.744. The first-order valence-electron chi connectivity index (χ1n) is 6.77. The van der Waals surface area contributed by atoms with Gasteiger partial charge in [-0.3, -0.25) is 4.79 Å². The zero-order chi connectivity index (χ0) is 12.8. The van der Waals surface area contributed by atoms with Crippen LogP contribution < -0.4 is 5.32 Å². The second-order valence-electron chi connectivity index (χ2n) is 5.88. The highest BCUT2D eigenvalue weighted by atomic mass is 16.5. The van der Waals surface area contributed by atoms with E-state index in [1.165, 1.54) is 25.7 Å². The maximum Gasteiger partial charge on any atom is 0.332 e. The molecule has 2 N–H and O–H groups in total. The Bertz CT molecular complexity index is 373. The summed E-state index contributed by atoms with van der Waals surface area (Å²) in [5.41, 5.74) is 0.375. The van der Waals surface area contributed by atoms with Crippen molar-refractivity contribution in [3.63, 3.8) is 0 Å². The SMILES string of the molecule is O=C(O)C1CCC(C(=O)NCC2(C3CC3)CC2)O1. The molecule has 1 heterocycles. The lowest BCUT2D eigenvalue weighted by Gasteiger charge is -2.17. The van der Waals surface area contributed by atoms with Gasteiger partial charge in [0.2, 0.25) is 5.91 Å². The van der Waals surface area contributed by atoms with Crippen LogP contribution in [0.25, 0.3) is 0 Å². The minimum atomic E-state index is -0.970. The summed E-state index contributed by atoms with van der Waals surface area (Å²) in [6.07, 6.45) is 4.62. The fraction of sp³-hybridized carbons (Fsp3) is 0.846. The van der Waals surface area contributed by atoms with Crippen molar-refractivity contribution in [2.24, 2.45) is 11.3 Å². The molecular weight excluding hydrogens is 234 g/mol. The molecule has 2 aliphatic carbocycles. The molecule has 3 fully saturated rings. The molecule has 100 valence electrons. The molecule has 18 heavy (non-hydrogen) atoms. The van der Waals surface area contributed by atoms with E-state index in [-0.39, 0.29) is 5.91 Å². The molecule has 1 saturated heterocycles. The van der Waals surface area contributed by atoms with E-state index in [9.17, 15) is 9.59 Å². The van der Waals surface area contributed by atoms with E-state index < -0.39 is 18.2 Å². The van der Waals surface area contributed by atoms with Gasteiger partial charge in [0, 0.05) is 6.54 Å². The number of hydrogen-bond donors (Lipinski definition) is 2. The third-order valence-corrected chi connectivity index (χ3v) is 4.54. The van der Waals surface area contributed by atoms with Gasteiger partial charge in [0.1, 0.15) is 6.10 Å². The molecule has 0 radical (unpaired) electrons. The Morgan fingerprint density at radius 2 is 1.83 bits per heavy atom. The number of carbonyl (C=O) groups excluding carboxylic acids is 1. The first kappa shape index (κ1) is 12.0. The number of nitrogens with one attached hydrogen (secondary N) is 1. The van der Waals surface area contributed by atoms with Crippen molar-refractivity contribution in [3.05, 3.63) is 0 Å². The number of aliphatic carboxylic acids is 1. The molecule has 0 bridgehead atoms. The van der Waals surface area contributed by atoms with Gasteiger partial charge < -0.3 is 15.2 Å². The number of carbonyl (C=O) groups is 2. The number of hydrogen-bond acceptors (Lipinski definition) is 3. The normalized spacial score (nSPS) is 33.1. The number of amides is 1. The highest BCUT2D eigenvalue weighted by Crippen LogP contribution is 2.60. The average molecular weight is 253 g/mol. The number of ether oxygens (including phenoxy) is 1. The lowest BCUT2D eigenvalue weighted by Crippen LogP contribution is -2.39. The summed E-state index contributed by atoms with van der Waals surface area (Å²) in [5, 5.41) is 11.8. The summed E-state index contributed by atoms with van der Waals surface area (Å²) in [6, 6.07) is 0. The first-order chi connectivity index (χ1) is 8.61. The van der Waals surface area contributed by atoms with Crippen molar-refractivity contribution in [1.82, 2.24) is 5.32 Å². The molecule has 3 aliphatic rings. The van der Waals surface area contributed by atoms with Gasteiger partial charge in [0.15, 0.2) is 6.10 Å². The van der Waals surface area contributed by atoms with Crippen molar-refractivity contribution in [2.45, 2.75) is 50.7 Å². The van der Waals surface area contributed by atoms with Crippen LogP contribution in [0.3, 0.4) is 0 Å². The van der Waals surface area contributed by atoms with Gasteiger partial charge in [0.05, 0.1) is 0 Å². The molecule has 3 rings (SSSR count). The van der Waals surface area contributed by atoms with Gasteiger partial charge in [-0.05, 0) is 49.9 Å². The van der Waals surface area contributed by atoms with E-state index in [4.69, 9.17) is 9.84 Å². The monoisotopic (exact) mass is 253 g/mol. The summed E-state index contributed by atoms with van der Waals surface area (Å²) in [7, 11) is 0. The number of rotatable bonds is 5. The quantitative estimate of drug-likeness (QED) is 0.764. The van der Waals surface area contributed by atoms with Gasteiger partial charge in [-0.1, -0.05) is 0 Å². The van der Waals surface area contributed by atoms with Crippen LogP contribution in [-0.4, -0.2) is 35.7 Å². The Kier molecular flexibility index (Phi) is 2.81. The van der Waals surface area contributed by atoms with Gasteiger partial charge in [-0.25, -0.2) is 4.79 Å². The maximum absolute atomic E-state index is 11.9. The zero-order valence-corrected chi connectivity index (χ0v) is 10.4. The average Bonchev–Trinajstić information content (AvgIpc) is 3.23. The number of carboxylic acid groups (broad SMARTS) is 1. The summed E-state index contributed by atoms with van der Waals surface area (Å²) in [5.74, 6) is -0.290. The van der Waals surface area contributed by atoms with Crippen LogP contribution in [0.15, 0.2) is 0 Å². The Morgan fingerprint density at radius 3 is 2.33 bits per heavy atom. The Hall–Kier alpha value is -1.10. The molecule has 1 amide bonds. The van der Waals surface area contributed by atoms with E-state index in [1.54, 1.807) is 0 Å². The van der Waals surface area contributed by atoms with Gasteiger partial charge in [-0.2, -0.15) is 0 Å². The van der Waals surface area contributed by atoms with E-state index in [0.717, 1.165) is 12.5 Å². The summed E-state index contributed by atoms with van der Waals surface area (Å²) in [4.78, 5) is 22.6. The molecule has 5 heteroatoms. The molecule has 2 saturated carbocycles. The predicted molar refractivity (Wildman–Crippen MR) is 62.9 cm³/mol. The van der Waals surface area contributed by atoms with Crippen molar-refractivity contribution >= 4 is 11.9 Å². The van der Waals surface area contributed by atoms with Crippen LogP contribution in [-0.2, 0) is 14.3 Å². The minimum Gasteiger partial charge on any atom is -0.479 e. The molecule has 0 spiro atoms. The Labute approximate surface area is 106 Å². The van der Waals surface area contributed by atoms with E-state index >= 15 is 0 Å². The largest absolute Gasteiger partial charge is 0.479 e. The Morgan fingerprint density at radius 1 is 1.17 bits per heavy atom. The topological polar surface area (TPSA) is 75.6 Å². The molecular formula is C13H19NO4. The first-order valence-corrected chi connectivity index (χ1v) is 6.77. The van der Waals surface area contributed by atoms with Crippen LogP contribution in [0.1, 0.15) is 38.5 Å². The molecule has 2 unspecified atom stereocenters. The van der Waals surface area contributed by atoms with Crippen molar-refractivity contribution in [1.29, 1.82) is 0 Å². The van der Waals surface area contributed by atoms with Crippen LogP contribution in [0, 0.1) is 11.3 Å². The molecule has 5 nitrogen and oxygen atoms in total. The molecule has 0 aromatic rings. The lowest BCUT2D eigenvalue weighted by molar-refractivity contribution is -0.151. The summed E-state index contributed by atoms with van der Waals surface area (Å²) < 4.78 is 5.23. The van der Waals surface area contributed by atoms with Crippen LogP contribution in [0.2, 0.25) is 0 Å². The smallest absolute Gasteiger partial charge is 0.332 e. The van der Waals surface area contributed by atoms with Crippen molar-refractivity contribution in [3.8, 4) is 0 Å². The molecule has 0 aromatic carbocycles. The Balaban J connectivity index is 1.46. The van der Waals surface area contributed by atoms with Crippen molar-refractivity contribution < 1.29 is 19.4 Å². The highest BCUT2D eigenvalue weighted by molar-refractivity contribution is 5.82. The molecule has 0 aromatic heterocycles. The highest BCUT2D eigenvalue weighted by Gasteiger charge is 2.53. The van der Waals surface area contributed by atoms with E-state index in [0.29, 0.717) is 18.3 Å². The number of carboxylic acids is 1. The molecule has 1 aliphatic heterocycles. The van der Waals surface area contributed by atoms with Gasteiger partial charge in [-0.15, -0.1) is 0 Å². The fourth-order valence-corrected chi connectivity index (χ4v) is 2.97. The maximum atomic E-state index is 11.9. The van der Waals surface area contributed by atoms with E-state index in [1.807, 2.05) is 0 Å². The van der Waals surface area contributed by atoms with E-state index in [2.05, 4.69) is 5.32 Å². The van der Waals surface area contributed by atoms with Crippen molar-refractivity contribution in [2.75, 3.05) is 6.54 Å². The standard InChI is InChI=1S/C13H19NO4/c15-11(9-3-4-10(18-9)12(16)17)14-7-13(5-6-13)8-1-2-8/h8-10H,1-7H2,(H,14,15)(H,16,17). The summed E-state index contributed by atoms with van der Waals surface area (Å²) >= 11 is 0.